The number of rotatable bonds is 14. The Morgan fingerprint density at radius 1 is 0.789 bits per heavy atom. The first-order valence-electron chi connectivity index (χ1n) is 6.50. The van der Waals surface area contributed by atoms with Crippen LogP contribution in [0.4, 0.5) is 0 Å². The lowest BCUT2D eigenvalue weighted by Gasteiger charge is -2.23. The van der Waals surface area contributed by atoms with Crippen molar-refractivity contribution in [3.05, 3.63) is 0 Å². The van der Waals surface area contributed by atoms with Crippen LogP contribution in [0.25, 0.3) is 0 Å². The van der Waals surface area contributed by atoms with Gasteiger partial charge in [0.05, 0.1) is 19.8 Å². The van der Waals surface area contributed by atoms with E-state index in [1.807, 2.05) is 0 Å². The van der Waals surface area contributed by atoms with Gasteiger partial charge >= 0.3 is 9.05 Å². The van der Waals surface area contributed by atoms with Gasteiger partial charge in [0.1, 0.15) is 0 Å². The van der Waals surface area contributed by atoms with Crippen LogP contribution in [0.5, 0.6) is 0 Å². The smallest absolute Gasteiger partial charge is 0.347 e. The lowest BCUT2D eigenvalue weighted by molar-refractivity contribution is -0.385. The molecule has 0 rings (SSSR count). The highest BCUT2D eigenvalue weighted by atomic mass is 28.4. The van der Waals surface area contributed by atoms with Crippen molar-refractivity contribution < 1.29 is 32.8 Å². The highest BCUT2D eigenvalue weighted by molar-refractivity contribution is 6.52. The average molecular weight is 299 g/mol. The second-order valence-corrected chi connectivity index (χ2v) is 5.10. The van der Waals surface area contributed by atoms with E-state index >= 15 is 0 Å². The first-order valence-corrected chi connectivity index (χ1v) is 8.13. The molecule has 0 aromatic heterocycles. The predicted molar refractivity (Wildman–Crippen MR) is 68.1 cm³/mol. The molecule has 0 fully saturated rings. The van der Waals surface area contributed by atoms with Gasteiger partial charge in [-0.15, -0.1) is 0 Å². The van der Waals surface area contributed by atoms with Gasteiger partial charge in [-0.05, 0) is 40.2 Å². The summed E-state index contributed by atoms with van der Waals surface area (Å²) in [6, 6.07) is 0. The zero-order valence-electron chi connectivity index (χ0n) is 11.9. The highest BCUT2D eigenvalue weighted by Gasteiger charge is 2.52. The second-order valence-electron chi connectivity index (χ2n) is 3.31. The van der Waals surface area contributed by atoms with Crippen LogP contribution in [-0.4, -0.2) is 42.0 Å². The Morgan fingerprint density at radius 3 is 1.63 bits per heavy atom. The van der Waals surface area contributed by atoms with E-state index in [-0.39, 0.29) is 0 Å². The van der Waals surface area contributed by atoms with E-state index in [2.05, 4.69) is 0 Å². The van der Waals surface area contributed by atoms with Gasteiger partial charge in [0.2, 0.25) is 0 Å². The van der Waals surface area contributed by atoms with Crippen molar-refractivity contribution in [3.8, 4) is 0 Å². The lowest BCUT2D eigenvalue weighted by atomic mass is 10.3. The molecule has 0 aromatic rings. The Bertz CT molecular complexity index is 177. The molecule has 0 saturated heterocycles. The summed E-state index contributed by atoms with van der Waals surface area (Å²) < 4.78 is 20.6. The molecule has 0 saturated carbocycles. The average Bonchev–Trinajstić information content (AvgIpc) is 2.44. The summed E-state index contributed by atoms with van der Waals surface area (Å²) in [7, 11) is -3.62. The Kier molecular flexibility index (Phi) is 12.8. The SMILES string of the molecule is CCOO[Si](OCCCCN)(OOCC)OOCC. The van der Waals surface area contributed by atoms with Crippen LogP contribution in [0.2, 0.25) is 0 Å². The van der Waals surface area contributed by atoms with Crippen molar-refractivity contribution in [2.75, 3.05) is 33.0 Å². The van der Waals surface area contributed by atoms with Gasteiger partial charge < -0.3 is 10.2 Å². The standard InChI is InChI=1S/C10H25NO7Si/c1-4-12-16-19(17-13-5-2,18-14-6-3)15-10-8-7-9-11/h4-11H2,1-3H3. The number of hydrogen-bond donors (Lipinski definition) is 1. The van der Waals surface area contributed by atoms with E-state index in [1.54, 1.807) is 20.8 Å². The third kappa shape index (κ3) is 9.43. The molecule has 0 amide bonds. The molecule has 0 aliphatic rings. The van der Waals surface area contributed by atoms with Gasteiger partial charge in [0.25, 0.3) is 0 Å². The van der Waals surface area contributed by atoms with Crippen molar-refractivity contribution >= 4 is 9.05 Å². The zero-order valence-corrected chi connectivity index (χ0v) is 12.9. The summed E-state index contributed by atoms with van der Waals surface area (Å²) in [6.45, 7) is 7.14. The highest BCUT2D eigenvalue weighted by Crippen LogP contribution is 2.14. The maximum atomic E-state index is 5.48. The molecular weight excluding hydrogens is 274 g/mol. The quantitative estimate of drug-likeness (QED) is 0.220. The molecule has 8 nitrogen and oxygen atoms in total. The van der Waals surface area contributed by atoms with E-state index < -0.39 is 9.05 Å². The Labute approximate surface area is 115 Å². The topological polar surface area (TPSA) is 90.6 Å². The summed E-state index contributed by atoms with van der Waals surface area (Å²) >= 11 is 0. The monoisotopic (exact) mass is 299 g/mol. The van der Waals surface area contributed by atoms with Gasteiger partial charge in [-0.1, -0.05) is 0 Å². The largest absolute Gasteiger partial charge is 0.764 e. The summed E-state index contributed by atoms with van der Waals surface area (Å²) in [5.41, 5.74) is 5.41. The van der Waals surface area contributed by atoms with Crippen LogP contribution in [0.3, 0.4) is 0 Å². The number of nitrogens with two attached hydrogens (primary N) is 1. The Balaban J connectivity index is 4.38. The van der Waals surface area contributed by atoms with Crippen molar-refractivity contribution in [1.82, 2.24) is 0 Å². The Hall–Kier alpha value is -0.103. The van der Waals surface area contributed by atoms with Gasteiger partial charge in [0, 0.05) is 6.61 Å². The van der Waals surface area contributed by atoms with Crippen molar-refractivity contribution in [2.24, 2.45) is 5.73 Å². The minimum Gasteiger partial charge on any atom is -0.347 e. The normalized spacial score (nSPS) is 12.0. The minimum atomic E-state index is -3.62. The van der Waals surface area contributed by atoms with Gasteiger partial charge in [-0.2, -0.15) is 13.7 Å². The van der Waals surface area contributed by atoms with E-state index in [9.17, 15) is 0 Å². The van der Waals surface area contributed by atoms with Crippen molar-refractivity contribution in [3.63, 3.8) is 0 Å². The van der Waals surface area contributed by atoms with Crippen LogP contribution in [0.15, 0.2) is 0 Å². The third-order valence-corrected chi connectivity index (χ3v) is 3.24. The minimum absolute atomic E-state index is 0.311. The molecule has 19 heavy (non-hydrogen) atoms. The number of hydrogen-bond acceptors (Lipinski definition) is 8. The van der Waals surface area contributed by atoms with Crippen LogP contribution in [0.1, 0.15) is 33.6 Å². The molecule has 9 heteroatoms. The van der Waals surface area contributed by atoms with Crippen LogP contribution in [-0.2, 0) is 32.8 Å². The maximum absolute atomic E-state index is 5.48. The second kappa shape index (κ2) is 12.9. The predicted octanol–water partition coefficient (Wildman–Crippen LogP) is 1.08. The van der Waals surface area contributed by atoms with E-state index in [1.165, 1.54) is 0 Å². The van der Waals surface area contributed by atoms with Crippen LogP contribution < -0.4 is 5.73 Å². The molecule has 0 unspecified atom stereocenters. The zero-order chi connectivity index (χ0) is 14.4. The first kappa shape index (κ1) is 18.9. The van der Waals surface area contributed by atoms with E-state index in [4.69, 9.17) is 38.6 Å². The Morgan fingerprint density at radius 2 is 1.26 bits per heavy atom. The fraction of sp³-hybridized carbons (Fsp3) is 1.00. The molecule has 0 spiro atoms. The molecule has 0 heterocycles. The molecule has 0 atom stereocenters. The van der Waals surface area contributed by atoms with Crippen LogP contribution in [0, 0.1) is 0 Å². The molecule has 0 radical (unpaired) electrons. The van der Waals surface area contributed by atoms with Crippen LogP contribution >= 0.6 is 0 Å². The van der Waals surface area contributed by atoms with E-state index in [0.29, 0.717) is 33.0 Å². The fourth-order valence-corrected chi connectivity index (χ4v) is 2.36. The first-order chi connectivity index (χ1) is 9.24. The van der Waals surface area contributed by atoms with Crippen molar-refractivity contribution in [2.45, 2.75) is 33.6 Å². The molecular formula is C10H25NO7Si. The maximum Gasteiger partial charge on any atom is 0.764 e. The van der Waals surface area contributed by atoms with Gasteiger partial charge in [-0.25, -0.2) is 14.7 Å². The summed E-state index contributed by atoms with van der Waals surface area (Å²) in [5.74, 6) is 0. The lowest BCUT2D eigenvalue weighted by Crippen LogP contribution is -2.49. The van der Waals surface area contributed by atoms with Gasteiger partial charge in [-0.3, -0.25) is 0 Å². The fourth-order valence-electron chi connectivity index (χ4n) is 0.951. The van der Waals surface area contributed by atoms with Crippen molar-refractivity contribution in [1.29, 1.82) is 0 Å². The molecule has 0 aliphatic heterocycles. The molecule has 0 aromatic carbocycles. The molecule has 0 aliphatic carbocycles. The molecule has 2 N–H and O–H groups in total. The summed E-state index contributed by atoms with van der Waals surface area (Å²) in [5, 5.41) is 0. The summed E-state index contributed by atoms with van der Waals surface area (Å²) in [6.07, 6.45) is 1.56. The van der Waals surface area contributed by atoms with Gasteiger partial charge in [0.15, 0.2) is 0 Å². The van der Waals surface area contributed by atoms with E-state index in [0.717, 1.165) is 12.8 Å². The number of unbranched alkanes of at least 4 members (excludes halogenated alkanes) is 1. The molecule has 116 valence electrons. The third-order valence-electron chi connectivity index (χ3n) is 1.71. The summed E-state index contributed by atoms with van der Waals surface area (Å²) in [4.78, 5) is 14.6. The molecule has 0 bridgehead atoms.